The molecule has 2 aliphatic rings. The van der Waals surface area contributed by atoms with Crippen LogP contribution in [0.4, 0.5) is 0 Å². The van der Waals surface area contributed by atoms with Gasteiger partial charge in [-0.1, -0.05) is 17.7 Å². The van der Waals surface area contributed by atoms with E-state index >= 15 is 0 Å². The largest absolute Gasteiger partial charge is 0.314 e. The minimum absolute atomic E-state index is 0.00708. The molecule has 1 saturated carbocycles. The van der Waals surface area contributed by atoms with E-state index in [9.17, 15) is 16.8 Å². The van der Waals surface area contributed by atoms with Crippen LogP contribution < -0.4 is 5.32 Å². The molecule has 0 spiro atoms. The fraction of sp³-hybridized carbons (Fsp3) is 0.625. The van der Waals surface area contributed by atoms with Crippen LogP contribution in [0.2, 0.25) is 0 Å². The Morgan fingerprint density at radius 2 is 1.68 bits per heavy atom. The van der Waals surface area contributed by atoms with E-state index in [4.69, 9.17) is 0 Å². The fourth-order valence-electron chi connectivity index (χ4n) is 2.96. The Hall–Kier alpha value is -1.00. The zero-order valence-corrected chi connectivity index (χ0v) is 16.0. The van der Waals surface area contributed by atoms with E-state index in [0.29, 0.717) is 26.2 Å². The van der Waals surface area contributed by atoms with Gasteiger partial charge in [-0.05, 0) is 31.9 Å². The second kappa shape index (κ2) is 7.32. The van der Waals surface area contributed by atoms with Gasteiger partial charge in [-0.15, -0.1) is 0 Å². The third kappa shape index (κ3) is 4.40. The Kier molecular flexibility index (Phi) is 5.50. The van der Waals surface area contributed by atoms with Crippen molar-refractivity contribution in [3.05, 3.63) is 29.8 Å². The highest BCUT2D eigenvalue weighted by molar-refractivity contribution is 7.90. The maximum Gasteiger partial charge on any atom is 0.243 e. The zero-order valence-electron chi connectivity index (χ0n) is 14.4. The summed E-state index contributed by atoms with van der Waals surface area (Å²) >= 11 is 0. The topological polar surface area (TPSA) is 86.8 Å². The van der Waals surface area contributed by atoms with E-state index in [0.717, 1.165) is 18.4 Å². The highest BCUT2D eigenvalue weighted by atomic mass is 32.2. The predicted molar refractivity (Wildman–Crippen MR) is 96.3 cm³/mol. The van der Waals surface area contributed by atoms with Crippen molar-refractivity contribution in [2.75, 3.05) is 38.5 Å². The van der Waals surface area contributed by atoms with Gasteiger partial charge in [0.25, 0.3) is 0 Å². The number of nitrogens with zero attached hydrogens (tertiary/aromatic N) is 2. The van der Waals surface area contributed by atoms with Crippen LogP contribution >= 0.6 is 0 Å². The summed E-state index contributed by atoms with van der Waals surface area (Å²) in [5, 5.41) is 3.12. The lowest BCUT2D eigenvalue weighted by molar-refractivity contribution is 0.355. The van der Waals surface area contributed by atoms with Crippen molar-refractivity contribution in [1.82, 2.24) is 13.9 Å². The summed E-state index contributed by atoms with van der Waals surface area (Å²) in [5.74, 6) is -0.172. The highest BCUT2D eigenvalue weighted by Gasteiger charge is 2.39. The van der Waals surface area contributed by atoms with Crippen LogP contribution in [0.5, 0.6) is 0 Å². The second-order valence-electron chi connectivity index (χ2n) is 6.63. The van der Waals surface area contributed by atoms with E-state index in [1.54, 1.807) is 24.3 Å². The molecule has 3 rings (SSSR count). The molecule has 0 radical (unpaired) electrons. The smallest absolute Gasteiger partial charge is 0.243 e. The average Bonchev–Trinajstić information content (AvgIpc) is 3.41. The van der Waals surface area contributed by atoms with Crippen LogP contribution in [0.1, 0.15) is 18.4 Å². The Balaban J connectivity index is 1.74. The van der Waals surface area contributed by atoms with Crippen LogP contribution in [0.3, 0.4) is 0 Å². The van der Waals surface area contributed by atoms with Crippen LogP contribution in [0.15, 0.2) is 29.2 Å². The first-order chi connectivity index (χ1) is 11.8. The van der Waals surface area contributed by atoms with Crippen molar-refractivity contribution in [2.24, 2.45) is 0 Å². The molecule has 0 aromatic heterocycles. The number of benzene rings is 1. The minimum Gasteiger partial charge on any atom is -0.314 e. The standard InChI is InChI=1S/C16H25N3O4S2/c1-14-2-6-16(7-3-14)25(22,23)19(15-4-5-15)12-13-24(20,21)18-10-8-17-9-11-18/h2-3,6-7,15,17H,4-5,8-13H2,1H3. The highest BCUT2D eigenvalue weighted by Crippen LogP contribution is 2.32. The summed E-state index contributed by atoms with van der Waals surface area (Å²) in [6.07, 6.45) is 1.58. The molecule has 1 N–H and O–H groups in total. The molecule has 2 fully saturated rings. The number of hydrogen-bond acceptors (Lipinski definition) is 5. The summed E-state index contributed by atoms with van der Waals surface area (Å²) in [5.41, 5.74) is 0.984. The lowest BCUT2D eigenvalue weighted by Gasteiger charge is -2.28. The van der Waals surface area contributed by atoms with Crippen LogP contribution in [0.25, 0.3) is 0 Å². The van der Waals surface area contributed by atoms with Crippen molar-refractivity contribution < 1.29 is 16.8 Å². The van der Waals surface area contributed by atoms with Gasteiger partial charge in [-0.2, -0.15) is 8.61 Å². The van der Waals surface area contributed by atoms with Crippen LogP contribution in [-0.2, 0) is 20.0 Å². The summed E-state index contributed by atoms with van der Waals surface area (Å²) in [6, 6.07) is 6.62. The molecule has 1 aliphatic heterocycles. The van der Waals surface area contributed by atoms with Crippen molar-refractivity contribution in [2.45, 2.75) is 30.7 Å². The molecule has 0 atom stereocenters. The molecule has 0 bridgehead atoms. The second-order valence-corrected chi connectivity index (χ2v) is 10.6. The summed E-state index contributed by atoms with van der Waals surface area (Å²) in [6.45, 7) is 4.05. The molecule has 25 heavy (non-hydrogen) atoms. The first-order valence-electron chi connectivity index (χ1n) is 8.58. The monoisotopic (exact) mass is 387 g/mol. The third-order valence-electron chi connectivity index (χ3n) is 4.62. The number of piperazine rings is 1. The molecular weight excluding hydrogens is 362 g/mol. The minimum atomic E-state index is -3.67. The summed E-state index contributed by atoms with van der Waals surface area (Å²) in [4.78, 5) is 0.226. The zero-order chi connectivity index (χ0) is 18.1. The van der Waals surface area contributed by atoms with E-state index in [2.05, 4.69) is 5.32 Å². The first-order valence-corrected chi connectivity index (χ1v) is 11.6. The molecule has 1 aliphatic carbocycles. The molecule has 1 saturated heterocycles. The number of rotatable bonds is 7. The van der Waals surface area contributed by atoms with E-state index in [1.807, 2.05) is 6.92 Å². The SMILES string of the molecule is Cc1ccc(S(=O)(=O)N(CCS(=O)(=O)N2CCNCC2)C2CC2)cc1. The Labute approximate surface area is 150 Å². The number of aryl methyl sites for hydroxylation is 1. The number of nitrogens with one attached hydrogen (secondary N) is 1. The average molecular weight is 388 g/mol. The van der Waals surface area contributed by atoms with Gasteiger partial charge >= 0.3 is 0 Å². The number of hydrogen-bond donors (Lipinski definition) is 1. The molecule has 0 unspecified atom stereocenters. The molecule has 7 nitrogen and oxygen atoms in total. The fourth-order valence-corrected chi connectivity index (χ4v) is 6.19. The van der Waals surface area contributed by atoms with Gasteiger partial charge in [0.05, 0.1) is 10.6 Å². The van der Waals surface area contributed by atoms with Gasteiger partial charge in [0, 0.05) is 38.8 Å². The molecule has 1 aromatic carbocycles. The molecule has 140 valence electrons. The quantitative estimate of drug-likeness (QED) is 0.731. The van der Waals surface area contributed by atoms with Gasteiger partial charge < -0.3 is 5.32 Å². The molecular formula is C16H25N3O4S2. The van der Waals surface area contributed by atoms with E-state index < -0.39 is 20.0 Å². The van der Waals surface area contributed by atoms with Crippen molar-refractivity contribution in [3.8, 4) is 0 Å². The van der Waals surface area contributed by atoms with E-state index in [-0.39, 0.29) is 23.2 Å². The normalized spacial score (nSPS) is 20.1. The summed E-state index contributed by atoms with van der Waals surface area (Å²) < 4.78 is 53.7. The Morgan fingerprint density at radius 3 is 2.24 bits per heavy atom. The van der Waals surface area contributed by atoms with Gasteiger partial charge in [-0.25, -0.2) is 16.8 Å². The number of sulfonamides is 2. The maximum atomic E-state index is 12.9. The lowest BCUT2D eigenvalue weighted by Crippen LogP contribution is -2.48. The van der Waals surface area contributed by atoms with Gasteiger partial charge in [-0.3, -0.25) is 0 Å². The van der Waals surface area contributed by atoms with Crippen molar-refractivity contribution in [3.63, 3.8) is 0 Å². The molecule has 1 heterocycles. The Bertz CT molecular complexity index is 796. The lowest BCUT2D eigenvalue weighted by atomic mass is 10.2. The van der Waals surface area contributed by atoms with Gasteiger partial charge in [0.2, 0.25) is 20.0 Å². The van der Waals surface area contributed by atoms with Crippen LogP contribution in [0, 0.1) is 6.92 Å². The summed E-state index contributed by atoms with van der Waals surface area (Å²) in [7, 11) is -7.12. The van der Waals surface area contributed by atoms with Crippen molar-refractivity contribution >= 4 is 20.0 Å². The maximum absolute atomic E-state index is 12.9. The van der Waals surface area contributed by atoms with Gasteiger partial charge in [0.15, 0.2) is 0 Å². The van der Waals surface area contributed by atoms with Crippen LogP contribution in [-0.4, -0.2) is 70.0 Å². The Morgan fingerprint density at radius 1 is 1.08 bits per heavy atom. The predicted octanol–water partition coefficient (Wildman–Crippen LogP) is 0.383. The molecule has 9 heteroatoms. The van der Waals surface area contributed by atoms with E-state index in [1.165, 1.54) is 8.61 Å². The van der Waals surface area contributed by atoms with Crippen molar-refractivity contribution in [1.29, 1.82) is 0 Å². The molecule has 0 amide bonds. The van der Waals surface area contributed by atoms with Gasteiger partial charge in [0.1, 0.15) is 0 Å². The third-order valence-corrected chi connectivity index (χ3v) is 8.44. The molecule has 1 aromatic rings. The first kappa shape index (κ1) is 18.8.